The topological polar surface area (TPSA) is 55.6 Å². The van der Waals surface area contributed by atoms with Crippen LogP contribution in [0.25, 0.3) is 0 Å². The SMILES string of the molecule is CC(C)(C)OC(=O)N1CC[C@@H](N)c2ccc(Br)c(F)c2C1. The number of nitrogens with two attached hydrogens (primary N) is 1. The average Bonchev–Trinajstić information content (AvgIpc) is 2.52. The van der Waals surface area contributed by atoms with Crippen LogP contribution < -0.4 is 5.73 Å². The summed E-state index contributed by atoms with van der Waals surface area (Å²) in [6.45, 7) is 6.03. The van der Waals surface area contributed by atoms with Crippen LogP contribution in [-0.4, -0.2) is 23.1 Å². The molecule has 0 radical (unpaired) electrons. The van der Waals surface area contributed by atoms with Crippen molar-refractivity contribution in [1.29, 1.82) is 0 Å². The maximum absolute atomic E-state index is 14.3. The summed E-state index contributed by atoms with van der Waals surface area (Å²) in [5, 5.41) is 0. The lowest BCUT2D eigenvalue weighted by molar-refractivity contribution is 0.0233. The highest BCUT2D eigenvalue weighted by molar-refractivity contribution is 9.10. The maximum atomic E-state index is 14.3. The van der Waals surface area contributed by atoms with Crippen molar-refractivity contribution in [1.82, 2.24) is 4.90 Å². The number of nitrogens with zero attached hydrogens (tertiary/aromatic N) is 1. The van der Waals surface area contributed by atoms with Gasteiger partial charge in [-0.15, -0.1) is 0 Å². The Balaban J connectivity index is 2.30. The minimum Gasteiger partial charge on any atom is -0.444 e. The first-order chi connectivity index (χ1) is 9.69. The van der Waals surface area contributed by atoms with Gasteiger partial charge in [0.1, 0.15) is 11.4 Å². The molecule has 21 heavy (non-hydrogen) atoms. The average molecular weight is 359 g/mol. The zero-order chi connectivity index (χ0) is 15.8. The monoisotopic (exact) mass is 358 g/mol. The Kier molecular flexibility index (Phi) is 4.58. The standard InChI is InChI=1S/C15H20BrFN2O2/c1-15(2,3)21-14(20)19-7-6-12(18)9-4-5-11(16)13(17)10(9)8-19/h4-5,12H,6-8,18H2,1-3H3/t12-/m1/s1. The van der Waals surface area contributed by atoms with E-state index in [1.165, 1.54) is 4.90 Å². The molecule has 2 N–H and O–H groups in total. The zero-order valence-electron chi connectivity index (χ0n) is 12.5. The van der Waals surface area contributed by atoms with Crippen LogP contribution in [0.1, 0.15) is 44.4 Å². The number of halogens is 2. The Morgan fingerprint density at radius 2 is 2.14 bits per heavy atom. The molecule has 0 saturated carbocycles. The highest BCUT2D eigenvalue weighted by Gasteiger charge is 2.28. The number of rotatable bonds is 0. The molecule has 0 aliphatic carbocycles. The Morgan fingerprint density at radius 1 is 1.48 bits per heavy atom. The van der Waals surface area contributed by atoms with Crippen LogP contribution in [0.2, 0.25) is 0 Å². The van der Waals surface area contributed by atoms with Crippen LogP contribution in [0.3, 0.4) is 0 Å². The molecular weight excluding hydrogens is 339 g/mol. The summed E-state index contributed by atoms with van der Waals surface area (Å²) in [5.41, 5.74) is 6.73. The Hall–Kier alpha value is -1.14. The van der Waals surface area contributed by atoms with Gasteiger partial charge in [-0.1, -0.05) is 6.07 Å². The molecular formula is C15H20BrFN2O2. The van der Waals surface area contributed by atoms with E-state index in [-0.39, 0.29) is 18.4 Å². The lowest BCUT2D eigenvalue weighted by Gasteiger charge is -2.26. The molecule has 1 amide bonds. The molecule has 0 bridgehead atoms. The number of benzene rings is 1. The van der Waals surface area contributed by atoms with E-state index >= 15 is 0 Å². The van der Waals surface area contributed by atoms with Gasteiger partial charge in [0.25, 0.3) is 0 Å². The van der Waals surface area contributed by atoms with Crippen molar-refractivity contribution >= 4 is 22.0 Å². The summed E-state index contributed by atoms with van der Waals surface area (Å²) in [7, 11) is 0. The molecule has 4 nitrogen and oxygen atoms in total. The molecule has 0 spiro atoms. The van der Waals surface area contributed by atoms with E-state index in [2.05, 4.69) is 15.9 Å². The normalized spacial score (nSPS) is 19.0. The van der Waals surface area contributed by atoms with Crippen molar-refractivity contribution in [3.05, 3.63) is 33.5 Å². The number of hydrogen-bond acceptors (Lipinski definition) is 3. The van der Waals surface area contributed by atoms with Crippen LogP contribution in [-0.2, 0) is 11.3 Å². The minimum absolute atomic E-state index is 0.170. The largest absolute Gasteiger partial charge is 0.444 e. The van der Waals surface area contributed by atoms with E-state index in [0.717, 1.165) is 5.56 Å². The summed E-state index contributed by atoms with van der Waals surface area (Å²) in [4.78, 5) is 13.7. The van der Waals surface area contributed by atoms with Crippen LogP contribution in [0.5, 0.6) is 0 Å². The summed E-state index contributed by atoms with van der Waals surface area (Å²) in [6, 6.07) is 3.18. The third-order valence-corrected chi connectivity index (χ3v) is 3.95. The highest BCUT2D eigenvalue weighted by atomic mass is 79.9. The second-order valence-electron chi connectivity index (χ2n) is 6.23. The Bertz CT molecular complexity index is 557. The van der Waals surface area contributed by atoms with E-state index in [9.17, 15) is 9.18 Å². The lowest BCUT2D eigenvalue weighted by Crippen LogP contribution is -2.36. The van der Waals surface area contributed by atoms with E-state index in [1.54, 1.807) is 26.8 Å². The van der Waals surface area contributed by atoms with Gasteiger partial charge in [0.15, 0.2) is 0 Å². The van der Waals surface area contributed by atoms with Crippen LogP contribution in [0.15, 0.2) is 16.6 Å². The molecule has 1 atom stereocenters. The molecule has 0 aromatic heterocycles. The molecule has 0 unspecified atom stereocenters. The van der Waals surface area contributed by atoms with Crippen molar-refractivity contribution in [3.8, 4) is 0 Å². The minimum atomic E-state index is -0.579. The van der Waals surface area contributed by atoms with Gasteiger partial charge in [0.05, 0.1) is 11.0 Å². The number of carbonyl (C=O) groups excluding carboxylic acids is 1. The number of ether oxygens (including phenoxy) is 1. The molecule has 1 aliphatic rings. The molecule has 1 aromatic rings. The Morgan fingerprint density at radius 3 is 2.76 bits per heavy atom. The molecule has 1 aliphatic heterocycles. The van der Waals surface area contributed by atoms with Crippen molar-refractivity contribution in [2.45, 2.75) is 45.4 Å². The van der Waals surface area contributed by atoms with Gasteiger partial charge < -0.3 is 15.4 Å². The molecule has 6 heteroatoms. The first-order valence-corrected chi connectivity index (χ1v) is 7.68. The van der Waals surface area contributed by atoms with Gasteiger partial charge in [0, 0.05) is 18.2 Å². The maximum Gasteiger partial charge on any atom is 0.410 e. The highest BCUT2D eigenvalue weighted by Crippen LogP contribution is 2.31. The van der Waals surface area contributed by atoms with Gasteiger partial charge in [0.2, 0.25) is 0 Å². The third-order valence-electron chi connectivity index (χ3n) is 3.34. The summed E-state index contributed by atoms with van der Waals surface area (Å²) >= 11 is 3.18. The van der Waals surface area contributed by atoms with Crippen molar-refractivity contribution in [3.63, 3.8) is 0 Å². The van der Waals surface area contributed by atoms with Crippen molar-refractivity contribution in [2.24, 2.45) is 5.73 Å². The van der Waals surface area contributed by atoms with Gasteiger partial charge in [-0.3, -0.25) is 0 Å². The summed E-state index contributed by atoms with van der Waals surface area (Å²) in [5.74, 6) is -0.363. The van der Waals surface area contributed by atoms with Crippen LogP contribution in [0, 0.1) is 5.82 Å². The smallest absolute Gasteiger partial charge is 0.410 e. The molecule has 116 valence electrons. The second kappa shape index (κ2) is 5.93. The van der Waals surface area contributed by atoms with Gasteiger partial charge in [-0.25, -0.2) is 9.18 Å². The van der Waals surface area contributed by atoms with E-state index < -0.39 is 11.7 Å². The lowest BCUT2D eigenvalue weighted by atomic mass is 10.00. The summed E-state index contributed by atoms with van der Waals surface area (Å²) < 4.78 is 20.1. The van der Waals surface area contributed by atoms with Crippen molar-refractivity contribution < 1.29 is 13.9 Å². The fourth-order valence-electron chi connectivity index (χ4n) is 2.32. The fourth-order valence-corrected chi connectivity index (χ4v) is 2.69. The third kappa shape index (κ3) is 3.74. The van der Waals surface area contributed by atoms with E-state index in [1.807, 2.05) is 6.07 Å². The molecule has 0 fully saturated rings. The van der Waals surface area contributed by atoms with Crippen molar-refractivity contribution in [2.75, 3.05) is 6.54 Å². The quantitative estimate of drug-likeness (QED) is 0.768. The van der Waals surface area contributed by atoms with Gasteiger partial charge >= 0.3 is 6.09 Å². The molecule has 1 aromatic carbocycles. The predicted molar refractivity (Wildman–Crippen MR) is 82.3 cm³/mol. The zero-order valence-corrected chi connectivity index (χ0v) is 14.0. The first-order valence-electron chi connectivity index (χ1n) is 6.89. The summed E-state index contributed by atoms with van der Waals surface area (Å²) in [6.07, 6.45) is 0.134. The number of fused-ring (bicyclic) bond motifs is 1. The molecule has 0 saturated heterocycles. The van der Waals surface area contributed by atoms with E-state index in [4.69, 9.17) is 10.5 Å². The molecule has 2 rings (SSSR count). The van der Waals surface area contributed by atoms with Crippen LogP contribution in [0.4, 0.5) is 9.18 Å². The van der Waals surface area contributed by atoms with E-state index in [0.29, 0.717) is 23.0 Å². The number of hydrogen-bond donors (Lipinski definition) is 1. The van der Waals surface area contributed by atoms with Crippen LogP contribution >= 0.6 is 15.9 Å². The second-order valence-corrected chi connectivity index (χ2v) is 7.08. The number of amides is 1. The predicted octanol–water partition coefficient (Wildman–Crippen LogP) is 3.73. The van der Waals surface area contributed by atoms with Gasteiger partial charge in [-0.2, -0.15) is 0 Å². The first kappa shape index (κ1) is 16.2. The van der Waals surface area contributed by atoms with Gasteiger partial charge in [-0.05, 0) is 54.8 Å². The molecule has 1 heterocycles. The fraction of sp³-hybridized carbons (Fsp3) is 0.533. The number of carbonyl (C=O) groups is 1. The Labute approximate surface area is 132 Å².